The van der Waals surface area contributed by atoms with Crippen LogP contribution in [0.2, 0.25) is 0 Å². The van der Waals surface area contributed by atoms with Gasteiger partial charge in [0.15, 0.2) is 0 Å². The van der Waals surface area contributed by atoms with E-state index in [4.69, 9.17) is 10.7 Å². The van der Waals surface area contributed by atoms with Gasteiger partial charge in [0.05, 0.1) is 11.6 Å². The van der Waals surface area contributed by atoms with E-state index in [0.717, 1.165) is 55.5 Å². The summed E-state index contributed by atoms with van der Waals surface area (Å²) in [5, 5.41) is 2.42. The smallest absolute Gasteiger partial charge is 0.382 e. The van der Waals surface area contributed by atoms with E-state index in [2.05, 4.69) is 27.2 Å². The summed E-state index contributed by atoms with van der Waals surface area (Å²) in [7, 11) is 2.09. The van der Waals surface area contributed by atoms with Gasteiger partial charge in [0.1, 0.15) is 28.7 Å². The van der Waals surface area contributed by atoms with Crippen LogP contribution in [-0.2, 0) is 6.18 Å². The molecule has 1 aliphatic rings. The Kier molecular flexibility index (Phi) is 6.09. The lowest BCUT2D eigenvalue weighted by Gasteiger charge is -2.31. The minimum absolute atomic E-state index is 0.145. The summed E-state index contributed by atoms with van der Waals surface area (Å²) in [6, 6.07) is 8.43. The second-order valence-electron chi connectivity index (χ2n) is 8.80. The number of amides is 1. The molecule has 0 bridgehead atoms. The first kappa shape index (κ1) is 23.7. The van der Waals surface area contributed by atoms with E-state index in [1.807, 2.05) is 10.6 Å². The number of imidazole rings is 1. The molecule has 1 aromatic carbocycles. The highest BCUT2D eigenvalue weighted by Gasteiger charge is 2.31. The number of hydrogen-bond donors (Lipinski definition) is 2. The number of aromatic nitrogens is 4. The molecule has 1 saturated heterocycles. The van der Waals surface area contributed by atoms with Crippen LogP contribution >= 0.6 is 0 Å². The maximum Gasteiger partial charge on any atom is 0.416 e. The summed E-state index contributed by atoms with van der Waals surface area (Å²) in [5.41, 5.74) is 7.70. The number of pyridine rings is 1. The summed E-state index contributed by atoms with van der Waals surface area (Å²) < 4.78 is 40.8. The number of alkyl halides is 3. The summed E-state index contributed by atoms with van der Waals surface area (Å²) in [6.07, 6.45) is 3.22. The maximum atomic E-state index is 13.0. The summed E-state index contributed by atoms with van der Waals surface area (Å²) in [4.78, 5) is 27.9. The molecule has 11 heteroatoms. The molecule has 3 aromatic heterocycles. The zero-order valence-corrected chi connectivity index (χ0v) is 19.5. The highest BCUT2D eigenvalue weighted by Crippen LogP contribution is 2.35. The topological polar surface area (TPSA) is 101 Å². The highest BCUT2D eigenvalue weighted by atomic mass is 19.4. The van der Waals surface area contributed by atoms with Crippen LogP contribution in [0.1, 0.15) is 47.1 Å². The number of rotatable bonds is 4. The Bertz CT molecular complexity index is 1420. The van der Waals surface area contributed by atoms with Crippen LogP contribution < -0.4 is 11.1 Å². The van der Waals surface area contributed by atoms with Crippen LogP contribution in [0.4, 0.5) is 24.8 Å². The van der Waals surface area contributed by atoms with Crippen molar-refractivity contribution in [2.24, 2.45) is 0 Å². The molecule has 1 amide bonds. The number of piperidine rings is 1. The Morgan fingerprint density at radius 1 is 1.11 bits per heavy atom. The van der Waals surface area contributed by atoms with Crippen molar-refractivity contribution in [3.05, 3.63) is 71.9 Å². The van der Waals surface area contributed by atoms with Crippen LogP contribution in [0.3, 0.4) is 0 Å². The first-order chi connectivity index (χ1) is 17.2. The van der Waals surface area contributed by atoms with E-state index >= 15 is 0 Å². The van der Waals surface area contributed by atoms with Gasteiger partial charge in [0.2, 0.25) is 0 Å². The van der Waals surface area contributed by atoms with E-state index < -0.39 is 17.6 Å². The SMILES string of the molecule is CN1CCCCC1c1nc(-c2ccc(C(=O)Nc3cc(C(F)(F)F)ccn3)cc2)c2c(N)nccn12. The fourth-order valence-corrected chi connectivity index (χ4v) is 4.57. The third-order valence-corrected chi connectivity index (χ3v) is 6.43. The number of carbonyl (C=O) groups is 1. The Hall–Kier alpha value is -3.99. The first-order valence-corrected chi connectivity index (χ1v) is 11.5. The van der Waals surface area contributed by atoms with E-state index in [1.54, 1.807) is 30.5 Å². The van der Waals surface area contributed by atoms with Gasteiger partial charge in [-0.1, -0.05) is 18.6 Å². The molecular weight excluding hydrogens is 471 g/mol. The third-order valence-electron chi connectivity index (χ3n) is 6.43. The molecule has 4 heterocycles. The molecule has 8 nitrogen and oxygen atoms in total. The van der Waals surface area contributed by atoms with E-state index in [0.29, 0.717) is 17.0 Å². The van der Waals surface area contributed by atoms with Gasteiger partial charge in [0, 0.05) is 29.7 Å². The number of anilines is 2. The molecule has 0 aliphatic carbocycles. The lowest BCUT2D eigenvalue weighted by molar-refractivity contribution is -0.137. The van der Waals surface area contributed by atoms with Gasteiger partial charge in [-0.3, -0.25) is 14.1 Å². The lowest BCUT2D eigenvalue weighted by Crippen LogP contribution is -2.30. The predicted octanol–water partition coefficient (Wildman–Crippen LogP) is 4.80. The van der Waals surface area contributed by atoms with Gasteiger partial charge < -0.3 is 11.1 Å². The second kappa shape index (κ2) is 9.23. The molecule has 186 valence electrons. The summed E-state index contributed by atoms with van der Waals surface area (Å²) >= 11 is 0. The number of nitrogens with two attached hydrogens (primary N) is 1. The van der Waals surface area contributed by atoms with Crippen LogP contribution in [-0.4, -0.2) is 43.8 Å². The molecule has 1 fully saturated rings. The molecule has 0 spiro atoms. The van der Waals surface area contributed by atoms with E-state index in [9.17, 15) is 18.0 Å². The minimum atomic E-state index is -4.53. The number of nitrogens with zero attached hydrogens (tertiary/aromatic N) is 5. The number of halogens is 3. The van der Waals surface area contributed by atoms with Crippen molar-refractivity contribution in [1.82, 2.24) is 24.3 Å². The number of likely N-dealkylation sites (tertiary alicyclic amines) is 1. The number of nitrogens with one attached hydrogen (secondary N) is 1. The van der Waals surface area contributed by atoms with Crippen molar-refractivity contribution >= 4 is 23.1 Å². The molecule has 3 N–H and O–H groups in total. The molecule has 0 saturated carbocycles. The Labute approximate surface area is 205 Å². The molecule has 36 heavy (non-hydrogen) atoms. The quantitative estimate of drug-likeness (QED) is 0.422. The Balaban J connectivity index is 1.44. The maximum absolute atomic E-state index is 13.0. The molecule has 0 radical (unpaired) electrons. The molecule has 1 unspecified atom stereocenters. The number of hydrogen-bond acceptors (Lipinski definition) is 6. The molecule has 1 atom stereocenters. The Morgan fingerprint density at radius 3 is 2.61 bits per heavy atom. The molecule has 5 rings (SSSR count). The number of fused-ring (bicyclic) bond motifs is 1. The standard InChI is InChI=1S/C25H24F3N7O/c1-34-12-3-2-4-18(34)23-33-20(21-22(29)31-11-13-35(21)23)15-5-7-16(8-6-15)24(36)32-19-14-17(9-10-30-19)25(26,27)28/h5-11,13-14,18H,2-4,12H2,1H3,(H2,29,31)(H,30,32,36). The van der Waals surface area contributed by atoms with Gasteiger partial charge in [-0.15, -0.1) is 0 Å². The molecular formula is C25H24F3N7O. The van der Waals surface area contributed by atoms with Gasteiger partial charge in [0.25, 0.3) is 5.91 Å². The Morgan fingerprint density at radius 2 is 1.89 bits per heavy atom. The zero-order chi connectivity index (χ0) is 25.4. The second-order valence-corrected chi connectivity index (χ2v) is 8.80. The average Bonchev–Trinajstić information content (AvgIpc) is 3.25. The van der Waals surface area contributed by atoms with Crippen LogP contribution in [0.15, 0.2) is 55.0 Å². The molecule has 4 aromatic rings. The largest absolute Gasteiger partial charge is 0.416 e. The van der Waals surface area contributed by atoms with Crippen molar-refractivity contribution in [2.75, 3.05) is 24.6 Å². The fraction of sp³-hybridized carbons (Fsp3) is 0.280. The lowest BCUT2D eigenvalue weighted by atomic mass is 10.0. The van der Waals surface area contributed by atoms with E-state index in [1.165, 1.54) is 0 Å². The van der Waals surface area contributed by atoms with Crippen LogP contribution in [0, 0.1) is 0 Å². The van der Waals surface area contributed by atoms with Gasteiger partial charge in [-0.2, -0.15) is 13.2 Å². The predicted molar refractivity (Wildman–Crippen MR) is 129 cm³/mol. The van der Waals surface area contributed by atoms with Crippen molar-refractivity contribution in [1.29, 1.82) is 0 Å². The zero-order valence-electron chi connectivity index (χ0n) is 19.5. The summed E-state index contributed by atoms with van der Waals surface area (Å²) in [5.74, 6) is 0.476. The average molecular weight is 496 g/mol. The van der Waals surface area contributed by atoms with Crippen LogP contribution in [0.5, 0.6) is 0 Å². The van der Waals surface area contributed by atoms with Gasteiger partial charge >= 0.3 is 6.18 Å². The minimum Gasteiger partial charge on any atom is -0.382 e. The monoisotopic (exact) mass is 495 g/mol. The normalized spacial score (nSPS) is 16.8. The van der Waals surface area contributed by atoms with Crippen molar-refractivity contribution in [2.45, 2.75) is 31.5 Å². The van der Waals surface area contributed by atoms with Crippen molar-refractivity contribution in [3.63, 3.8) is 0 Å². The van der Waals surface area contributed by atoms with Crippen LogP contribution in [0.25, 0.3) is 16.8 Å². The number of nitrogen functional groups attached to an aromatic ring is 1. The highest BCUT2D eigenvalue weighted by molar-refractivity contribution is 6.04. The first-order valence-electron chi connectivity index (χ1n) is 11.5. The number of carbonyl (C=O) groups excluding carboxylic acids is 1. The van der Waals surface area contributed by atoms with Gasteiger partial charge in [-0.25, -0.2) is 15.0 Å². The fourth-order valence-electron chi connectivity index (χ4n) is 4.57. The molecule has 1 aliphatic heterocycles. The summed E-state index contributed by atoms with van der Waals surface area (Å²) in [6.45, 7) is 0.986. The number of benzene rings is 1. The third kappa shape index (κ3) is 4.49. The van der Waals surface area contributed by atoms with Gasteiger partial charge in [-0.05, 0) is 50.7 Å². The van der Waals surface area contributed by atoms with E-state index in [-0.39, 0.29) is 17.4 Å². The van der Waals surface area contributed by atoms with Crippen molar-refractivity contribution in [3.8, 4) is 11.3 Å². The van der Waals surface area contributed by atoms with Crippen molar-refractivity contribution < 1.29 is 18.0 Å².